The molecule has 15 heavy (non-hydrogen) atoms. The number of anilines is 1. The minimum atomic E-state index is 0.267. The van der Waals surface area contributed by atoms with Gasteiger partial charge in [-0.2, -0.15) is 0 Å². The van der Waals surface area contributed by atoms with Crippen molar-refractivity contribution in [3.63, 3.8) is 0 Å². The molecule has 2 N–H and O–H groups in total. The summed E-state index contributed by atoms with van der Waals surface area (Å²) in [6, 6.07) is 1.76. The lowest BCUT2D eigenvalue weighted by atomic mass is 10.6. The van der Waals surface area contributed by atoms with Gasteiger partial charge in [-0.3, -0.25) is 0 Å². The Labute approximate surface area is 95.1 Å². The summed E-state index contributed by atoms with van der Waals surface area (Å²) in [5.74, 6) is 0.267. The molecule has 7 heteroatoms. The second-order valence-corrected chi connectivity index (χ2v) is 3.91. The van der Waals surface area contributed by atoms with Crippen molar-refractivity contribution in [1.29, 1.82) is 0 Å². The third-order valence-electron chi connectivity index (χ3n) is 1.54. The average Bonchev–Trinajstić information content (AvgIpc) is 2.26. The van der Waals surface area contributed by atoms with Crippen LogP contribution in [0.4, 0.5) is 5.82 Å². The topological polar surface area (TPSA) is 77.6 Å². The molecule has 0 spiro atoms. The Hall–Kier alpha value is -1.40. The fourth-order valence-corrected chi connectivity index (χ4v) is 1.81. The predicted molar refractivity (Wildman–Crippen MR) is 57.6 cm³/mol. The molecule has 0 bridgehead atoms. The highest BCUT2D eigenvalue weighted by Gasteiger charge is 2.08. The van der Waals surface area contributed by atoms with Crippen molar-refractivity contribution in [1.82, 2.24) is 19.9 Å². The fraction of sp³-hybridized carbons (Fsp3) is 0. The maximum Gasteiger partial charge on any atom is 0.146 e. The van der Waals surface area contributed by atoms with Gasteiger partial charge < -0.3 is 5.73 Å². The Morgan fingerprint density at radius 1 is 1.20 bits per heavy atom. The molecule has 2 rings (SSSR count). The highest BCUT2D eigenvalue weighted by molar-refractivity contribution is 7.99. The van der Waals surface area contributed by atoms with Gasteiger partial charge in [0, 0.05) is 6.20 Å². The monoisotopic (exact) mass is 239 g/mol. The zero-order valence-corrected chi connectivity index (χ0v) is 9.03. The molecule has 2 aromatic rings. The molecule has 2 aromatic heterocycles. The Morgan fingerprint density at radius 2 is 2.07 bits per heavy atom. The molecule has 0 aliphatic heterocycles. The van der Waals surface area contributed by atoms with Crippen molar-refractivity contribution >= 4 is 29.2 Å². The highest BCUT2D eigenvalue weighted by Crippen LogP contribution is 2.31. The van der Waals surface area contributed by atoms with E-state index in [2.05, 4.69) is 19.9 Å². The van der Waals surface area contributed by atoms with Crippen molar-refractivity contribution in [3.05, 3.63) is 29.9 Å². The smallest absolute Gasteiger partial charge is 0.146 e. The van der Waals surface area contributed by atoms with Gasteiger partial charge in [0.25, 0.3) is 0 Å². The van der Waals surface area contributed by atoms with Crippen LogP contribution in [0.25, 0.3) is 0 Å². The number of hydrogen-bond donors (Lipinski definition) is 1. The summed E-state index contributed by atoms with van der Waals surface area (Å²) in [4.78, 5) is 15.6. The van der Waals surface area contributed by atoms with E-state index >= 15 is 0 Å². The SMILES string of the molecule is Nc1ncnc(Sc2ccncn2)c1Cl. The molecule has 0 atom stereocenters. The lowest BCUT2D eigenvalue weighted by Crippen LogP contribution is -1.94. The van der Waals surface area contributed by atoms with Gasteiger partial charge >= 0.3 is 0 Å². The lowest BCUT2D eigenvalue weighted by molar-refractivity contribution is 1.02. The highest BCUT2D eigenvalue weighted by atomic mass is 35.5. The normalized spacial score (nSPS) is 10.2. The maximum absolute atomic E-state index is 5.93. The number of aromatic nitrogens is 4. The van der Waals surface area contributed by atoms with Gasteiger partial charge in [0.2, 0.25) is 0 Å². The van der Waals surface area contributed by atoms with Crippen molar-refractivity contribution in [2.45, 2.75) is 10.1 Å². The zero-order valence-electron chi connectivity index (χ0n) is 7.46. The van der Waals surface area contributed by atoms with Crippen molar-refractivity contribution in [2.24, 2.45) is 0 Å². The van der Waals surface area contributed by atoms with Crippen molar-refractivity contribution in [2.75, 3.05) is 5.73 Å². The van der Waals surface area contributed by atoms with E-state index in [4.69, 9.17) is 17.3 Å². The molecule has 0 unspecified atom stereocenters. The Balaban J connectivity index is 2.29. The molecule has 5 nitrogen and oxygen atoms in total. The summed E-state index contributed by atoms with van der Waals surface area (Å²) >= 11 is 7.24. The zero-order chi connectivity index (χ0) is 10.7. The summed E-state index contributed by atoms with van der Waals surface area (Å²) in [6.07, 6.45) is 4.47. The molecule has 76 valence electrons. The first-order valence-electron chi connectivity index (χ1n) is 3.97. The minimum absolute atomic E-state index is 0.267. The molecule has 0 fully saturated rings. The molecule has 0 saturated heterocycles. The van der Waals surface area contributed by atoms with E-state index in [0.717, 1.165) is 5.03 Å². The number of hydrogen-bond acceptors (Lipinski definition) is 6. The quantitative estimate of drug-likeness (QED) is 0.803. The van der Waals surface area contributed by atoms with E-state index in [1.807, 2.05) is 0 Å². The molecule has 0 aliphatic rings. The number of nitrogens with zero attached hydrogens (tertiary/aromatic N) is 4. The Bertz CT molecular complexity index is 464. The summed E-state index contributed by atoms with van der Waals surface area (Å²) in [5.41, 5.74) is 5.55. The average molecular weight is 240 g/mol. The molecule has 0 radical (unpaired) electrons. The predicted octanol–water partition coefficient (Wildman–Crippen LogP) is 1.65. The molecule has 2 heterocycles. The summed E-state index contributed by atoms with van der Waals surface area (Å²) in [6.45, 7) is 0. The van der Waals surface area contributed by atoms with Gasteiger partial charge in [-0.15, -0.1) is 0 Å². The lowest BCUT2D eigenvalue weighted by Gasteiger charge is -2.02. The van der Waals surface area contributed by atoms with Crippen LogP contribution in [0.3, 0.4) is 0 Å². The molecule has 0 aliphatic carbocycles. The van der Waals surface area contributed by atoms with E-state index in [-0.39, 0.29) is 5.82 Å². The molecular formula is C8H6ClN5S. The number of halogens is 1. The Morgan fingerprint density at radius 3 is 2.80 bits per heavy atom. The first kappa shape index (κ1) is 10.1. The third-order valence-corrected chi connectivity index (χ3v) is 2.98. The standard InChI is InChI=1S/C8H6ClN5S/c9-6-7(10)13-4-14-8(6)15-5-1-2-11-3-12-5/h1-4H,(H2,10,13,14). The number of rotatable bonds is 2. The van der Waals surface area contributed by atoms with E-state index in [1.165, 1.54) is 24.4 Å². The van der Waals surface area contributed by atoms with E-state index in [9.17, 15) is 0 Å². The number of nitrogen functional groups attached to an aromatic ring is 1. The van der Waals surface area contributed by atoms with Crippen LogP contribution < -0.4 is 5.73 Å². The van der Waals surface area contributed by atoms with Crippen molar-refractivity contribution < 1.29 is 0 Å². The molecule has 0 aromatic carbocycles. The van der Waals surface area contributed by atoms with Crippen LogP contribution >= 0.6 is 23.4 Å². The Kier molecular flexibility index (Phi) is 2.98. The van der Waals surface area contributed by atoms with Crippen molar-refractivity contribution in [3.8, 4) is 0 Å². The van der Waals surface area contributed by atoms with E-state index in [1.54, 1.807) is 12.3 Å². The largest absolute Gasteiger partial charge is 0.382 e. The van der Waals surface area contributed by atoms with Gasteiger partial charge in [0.15, 0.2) is 0 Å². The first-order chi connectivity index (χ1) is 7.27. The summed E-state index contributed by atoms with van der Waals surface area (Å²) < 4.78 is 0. The van der Waals surface area contributed by atoms with Crippen LogP contribution in [0.5, 0.6) is 0 Å². The second-order valence-electron chi connectivity index (χ2n) is 2.53. The molecule has 0 saturated carbocycles. The second kappa shape index (κ2) is 4.41. The first-order valence-corrected chi connectivity index (χ1v) is 5.16. The van der Waals surface area contributed by atoms with Gasteiger partial charge in [-0.1, -0.05) is 11.6 Å². The van der Waals surface area contributed by atoms with Gasteiger partial charge in [0.05, 0.1) is 0 Å². The fourth-order valence-electron chi connectivity index (χ4n) is 0.876. The van der Waals surface area contributed by atoms with Crippen LogP contribution in [-0.4, -0.2) is 19.9 Å². The van der Waals surface area contributed by atoms with Gasteiger partial charge in [-0.25, -0.2) is 19.9 Å². The van der Waals surface area contributed by atoms with Gasteiger partial charge in [0.1, 0.15) is 33.5 Å². The third kappa shape index (κ3) is 2.34. The van der Waals surface area contributed by atoms with Crippen LogP contribution in [0.1, 0.15) is 0 Å². The van der Waals surface area contributed by atoms with E-state index < -0.39 is 0 Å². The van der Waals surface area contributed by atoms with Gasteiger partial charge in [-0.05, 0) is 17.8 Å². The van der Waals surface area contributed by atoms with Crippen LogP contribution in [0.2, 0.25) is 5.02 Å². The maximum atomic E-state index is 5.93. The van der Waals surface area contributed by atoms with Crippen LogP contribution in [-0.2, 0) is 0 Å². The molecule has 0 amide bonds. The van der Waals surface area contributed by atoms with Crippen LogP contribution in [0.15, 0.2) is 35.0 Å². The summed E-state index contributed by atoms with van der Waals surface area (Å²) in [5, 5.41) is 1.69. The summed E-state index contributed by atoms with van der Waals surface area (Å²) in [7, 11) is 0. The van der Waals surface area contributed by atoms with E-state index in [0.29, 0.717) is 10.0 Å². The minimum Gasteiger partial charge on any atom is -0.382 e. The number of nitrogens with two attached hydrogens (primary N) is 1. The van der Waals surface area contributed by atoms with Crippen LogP contribution in [0, 0.1) is 0 Å². The molecular weight excluding hydrogens is 234 g/mol.